The minimum Gasteiger partial charge on any atom is -0.396 e. The number of unbranched alkanes of at least 4 members (excludes halogenated alkanes) is 1. The van der Waals surface area contributed by atoms with Crippen LogP contribution in [-0.4, -0.2) is 21.5 Å². The number of hydrogen-bond donors (Lipinski definition) is 1. The molecule has 1 heterocycles. The van der Waals surface area contributed by atoms with Crippen LogP contribution < -0.4 is 0 Å². The summed E-state index contributed by atoms with van der Waals surface area (Å²) in [6, 6.07) is 0. The van der Waals surface area contributed by atoms with Gasteiger partial charge in [-0.2, -0.15) is 5.10 Å². The first-order chi connectivity index (χ1) is 5.33. The van der Waals surface area contributed by atoms with Crippen molar-refractivity contribution < 1.29 is 5.11 Å². The van der Waals surface area contributed by atoms with Gasteiger partial charge in [-0.05, 0) is 28.8 Å². The molecule has 3 nitrogen and oxygen atoms in total. The summed E-state index contributed by atoms with van der Waals surface area (Å²) in [6.45, 7) is 1.15. The van der Waals surface area contributed by atoms with Gasteiger partial charge in [-0.15, -0.1) is 0 Å². The first-order valence-electron chi connectivity index (χ1n) is 3.62. The summed E-state index contributed by atoms with van der Waals surface area (Å²) in [7, 11) is 0. The summed E-state index contributed by atoms with van der Waals surface area (Å²) in [5.74, 6) is 0. The van der Waals surface area contributed by atoms with Crippen LogP contribution in [0.1, 0.15) is 12.8 Å². The molecule has 0 saturated heterocycles. The van der Waals surface area contributed by atoms with Crippen LogP contribution in [0.15, 0.2) is 16.9 Å². The van der Waals surface area contributed by atoms with Crippen LogP contribution in [0.4, 0.5) is 0 Å². The first-order valence-corrected chi connectivity index (χ1v) is 4.41. The van der Waals surface area contributed by atoms with Crippen molar-refractivity contribution in [3.05, 3.63) is 16.9 Å². The van der Waals surface area contributed by atoms with Gasteiger partial charge in [0.05, 0.1) is 10.7 Å². The zero-order chi connectivity index (χ0) is 8.10. The predicted molar refractivity (Wildman–Crippen MR) is 46.2 cm³/mol. The van der Waals surface area contributed by atoms with Crippen LogP contribution >= 0.6 is 15.9 Å². The molecule has 0 aliphatic rings. The average molecular weight is 219 g/mol. The van der Waals surface area contributed by atoms with Gasteiger partial charge in [0.25, 0.3) is 0 Å². The normalized spacial score (nSPS) is 10.4. The molecule has 0 amide bonds. The van der Waals surface area contributed by atoms with E-state index in [9.17, 15) is 0 Å². The van der Waals surface area contributed by atoms with Gasteiger partial charge < -0.3 is 5.11 Å². The number of aliphatic hydroxyl groups excluding tert-OH is 1. The van der Waals surface area contributed by atoms with Crippen molar-refractivity contribution >= 4 is 15.9 Å². The van der Waals surface area contributed by atoms with Crippen LogP contribution in [0.3, 0.4) is 0 Å². The number of rotatable bonds is 4. The van der Waals surface area contributed by atoms with E-state index in [1.807, 2.05) is 10.9 Å². The average Bonchev–Trinajstić information content (AvgIpc) is 2.37. The molecule has 0 aliphatic carbocycles. The van der Waals surface area contributed by atoms with Crippen LogP contribution in [0.25, 0.3) is 0 Å². The second kappa shape index (κ2) is 4.51. The van der Waals surface area contributed by atoms with E-state index in [4.69, 9.17) is 5.11 Å². The van der Waals surface area contributed by atoms with Gasteiger partial charge >= 0.3 is 0 Å². The molecule has 0 aliphatic heterocycles. The summed E-state index contributed by atoms with van der Waals surface area (Å²) in [6.07, 6.45) is 5.51. The van der Waals surface area contributed by atoms with Gasteiger partial charge in [0.15, 0.2) is 0 Å². The smallest absolute Gasteiger partial charge is 0.0632 e. The van der Waals surface area contributed by atoms with Crippen molar-refractivity contribution in [2.45, 2.75) is 19.4 Å². The quantitative estimate of drug-likeness (QED) is 0.777. The molecule has 11 heavy (non-hydrogen) atoms. The van der Waals surface area contributed by atoms with Crippen molar-refractivity contribution in [3.8, 4) is 0 Å². The third kappa shape index (κ3) is 3.03. The lowest BCUT2D eigenvalue weighted by Crippen LogP contribution is -1.98. The molecule has 1 rings (SSSR count). The summed E-state index contributed by atoms with van der Waals surface area (Å²) in [5, 5.41) is 12.6. The molecule has 4 heteroatoms. The molecule has 0 radical (unpaired) electrons. The molecule has 0 aromatic carbocycles. The fraction of sp³-hybridized carbons (Fsp3) is 0.571. The molecule has 0 unspecified atom stereocenters. The summed E-state index contributed by atoms with van der Waals surface area (Å²) in [5.41, 5.74) is 0. The lowest BCUT2D eigenvalue weighted by Gasteiger charge is -1.97. The molecule has 1 aromatic heterocycles. The second-order valence-electron chi connectivity index (χ2n) is 2.35. The Hall–Kier alpha value is -0.350. The predicted octanol–water partition coefficient (Wildman–Crippen LogP) is 1.42. The van der Waals surface area contributed by atoms with Crippen LogP contribution in [0.2, 0.25) is 0 Å². The maximum atomic E-state index is 8.51. The van der Waals surface area contributed by atoms with Crippen molar-refractivity contribution in [1.82, 2.24) is 9.78 Å². The fourth-order valence-electron chi connectivity index (χ4n) is 0.846. The third-order valence-corrected chi connectivity index (χ3v) is 1.81. The lowest BCUT2D eigenvalue weighted by molar-refractivity contribution is 0.280. The van der Waals surface area contributed by atoms with Gasteiger partial charge in [0, 0.05) is 19.3 Å². The minimum atomic E-state index is 0.266. The third-order valence-electron chi connectivity index (χ3n) is 1.40. The Morgan fingerprint density at radius 1 is 1.55 bits per heavy atom. The summed E-state index contributed by atoms with van der Waals surface area (Å²) >= 11 is 3.31. The SMILES string of the molecule is OCCCCn1cc(Br)cn1. The van der Waals surface area contributed by atoms with Gasteiger partial charge in [0.2, 0.25) is 0 Å². The zero-order valence-electron chi connectivity index (χ0n) is 6.20. The molecule has 0 bridgehead atoms. The van der Waals surface area contributed by atoms with E-state index >= 15 is 0 Å². The largest absolute Gasteiger partial charge is 0.396 e. The Morgan fingerprint density at radius 2 is 2.36 bits per heavy atom. The highest BCUT2D eigenvalue weighted by atomic mass is 79.9. The number of aromatic nitrogens is 2. The van der Waals surface area contributed by atoms with E-state index < -0.39 is 0 Å². The Bertz CT molecular complexity index is 212. The van der Waals surface area contributed by atoms with Gasteiger partial charge in [0.1, 0.15) is 0 Å². The minimum absolute atomic E-state index is 0.266. The van der Waals surface area contributed by atoms with Crippen LogP contribution in [0, 0.1) is 0 Å². The number of hydrogen-bond acceptors (Lipinski definition) is 2. The number of halogens is 1. The highest BCUT2D eigenvalue weighted by Crippen LogP contribution is 2.06. The van der Waals surface area contributed by atoms with E-state index in [0.29, 0.717) is 0 Å². The van der Waals surface area contributed by atoms with Gasteiger partial charge in [-0.25, -0.2) is 0 Å². The van der Waals surface area contributed by atoms with Crippen LogP contribution in [-0.2, 0) is 6.54 Å². The topological polar surface area (TPSA) is 38.0 Å². The van der Waals surface area contributed by atoms with E-state index in [1.54, 1.807) is 6.20 Å². The Labute approximate surface area is 74.2 Å². The van der Waals surface area contributed by atoms with Crippen molar-refractivity contribution in [2.75, 3.05) is 6.61 Å². The maximum absolute atomic E-state index is 8.51. The summed E-state index contributed by atoms with van der Waals surface area (Å²) in [4.78, 5) is 0. The molecular formula is C7H11BrN2O. The van der Waals surface area contributed by atoms with Crippen molar-refractivity contribution in [3.63, 3.8) is 0 Å². The highest BCUT2D eigenvalue weighted by molar-refractivity contribution is 9.10. The molecule has 0 atom stereocenters. The van der Waals surface area contributed by atoms with E-state index in [2.05, 4.69) is 21.0 Å². The second-order valence-corrected chi connectivity index (χ2v) is 3.27. The highest BCUT2D eigenvalue weighted by Gasteiger charge is 1.93. The van der Waals surface area contributed by atoms with Crippen molar-refractivity contribution in [1.29, 1.82) is 0 Å². The summed E-state index contributed by atoms with van der Waals surface area (Å²) < 4.78 is 2.86. The number of aliphatic hydroxyl groups is 1. The molecule has 0 saturated carbocycles. The first kappa shape index (κ1) is 8.74. The van der Waals surface area contributed by atoms with E-state index in [-0.39, 0.29) is 6.61 Å². The zero-order valence-corrected chi connectivity index (χ0v) is 7.79. The number of aryl methyl sites for hydroxylation is 1. The van der Waals surface area contributed by atoms with E-state index in [1.165, 1.54) is 0 Å². The Morgan fingerprint density at radius 3 is 2.91 bits per heavy atom. The molecule has 1 aromatic rings. The molecular weight excluding hydrogens is 208 g/mol. The Kier molecular flexibility index (Phi) is 3.59. The standard InChI is InChI=1S/C7H11BrN2O/c8-7-5-9-10(6-7)3-1-2-4-11/h5-6,11H,1-4H2. The van der Waals surface area contributed by atoms with Crippen LogP contribution in [0.5, 0.6) is 0 Å². The molecule has 62 valence electrons. The van der Waals surface area contributed by atoms with Gasteiger partial charge in [-0.3, -0.25) is 4.68 Å². The monoisotopic (exact) mass is 218 g/mol. The van der Waals surface area contributed by atoms with Gasteiger partial charge in [-0.1, -0.05) is 0 Å². The number of nitrogens with zero attached hydrogens (tertiary/aromatic N) is 2. The Balaban J connectivity index is 2.27. The molecule has 1 N–H and O–H groups in total. The fourth-order valence-corrected chi connectivity index (χ4v) is 1.17. The maximum Gasteiger partial charge on any atom is 0.0632 e. The molecule has 0 fully saturated rings. The van der Waals surface area contributed by atoms with Crippen molar-refractivity contribution in [2.24, 2.45) is 0 Å². The lowest BCUT2D eigenvalue weighted by atomic mass is 10.3. The molecule has 0 spiro atoms. The van der Waals surface area contributed by atoms with E-state index in [0.717, 1.165) is 23.9 Å².